The maximum Gasteiger partial charge on any atom is 0.264 e. The van der Waals surface area contributed by atoms with Crippen LogP contribution in [0.25, 0.3) is 0 Å². The number of amides is 2. The summed E-state index contributed by atoms with van der Waals surface area (Å²) in [5.74, 6) is -0.278. The minimum atomic E-state index is -4.26. The van der Waals surface area contributed by atoms with Crippen LogP contribution in [0, 0.1) is 6.92 Å². The lowest BCUT2D eigenvalue weighted by atomic mass is 10.1. The molecular formula is C32H39Cl2N3O6S. The first-order valence-corrected chi connectivity index (χ1v) is 16.4. The number of carbonyl (C=O) groups excluding carboxylic acids is 2. The standard InChI is InChI=1S/C32H39Cl2N3O6S/c1-7-22(4)35-32(39)28(8-2)36(19-23-11-12-24(33)17-27(23)34)31(38)20-37(25-13-16-29(42-5)30(18-25)43-6)44(40,41)26-14-9-21(3)10-15-26/h9-18,22,28H,7-8,19-20H2,1-6H3,(H,35,39)/t22-,28+/m0/s1. The van der Waals surface area contributed by atoms with E-state index in [1.54, 1.807) is 43.3 Å². The van der Waals surface area contributed by atoms with Crippen molar-refractivity contribution in [3.8, 4) is 11.5 Å². The number of anilines is 1. The summed E-state index contributed by atoms with van der Waals surface area (Å²) in [5, 5.41) is 3.69. The molecule has 3 aromatic carbocycles. The molecule has 0 heterocycles. The lowest BCUT2D eigenvalue weighted by Crippen LogP contribution is -2.53. The molecule has 3 rings (SSSR count). The third kappa shape index (κ3) is 8.37. The first kappa shape index (κ1) is 35.0. The average Bonchev–Trinajstić information content (AvgIpc) is 3.00. The van der Waals surface area contributed by atoms with Crippen LogP contribution in [0.15, 0.2) is 65.6 Å². The number of hydrogen-bond acceptors (Lipinski definition) is 6. The zero-order valence-electron chi connectivity index (χ0n) is 25.8. The van der Waals surface area contributed by atoms with E-state index < -0.39 is 28.5 Å². The van der Waals surface area contributed by atoms with Crippen LogP contribution in [-0.2, 0) is 26.2 Å². The lowest BCUT2D eigenvalue weighted by molar-refractivity contribution is -0.140. The number of nitrogens with zero attached hydrogens (tertiary/aromatic N) is 2. The highest BCUT2D eigenvalue weighted by Crippen LogP contribution is 2.34. The number of carbonyl (C=O) groups is 2. The molecule has 238 valence electrons. The van der Waals surface area contributed by atoms with Gasteiger partial charge in [-0.15, -0.1) is 0 Å². The average molecular weight is 665 g/mol. The van der Waals surface area contributed by atoms with Gasteiger partial charge in [-0.25, -0.2) is 8.42 Å². The number of sulfonamides is 1. The summed E-state index contributed by atoms with van der Waals surface area (Å²) in [7, 11) is -1.36. The fourth-order valence-electron chi connectivity index (χ4n) is 4.54. The molecular weight excluding hydrogens is 625 g/mol. The molecule has 2 atom stereocenters. The first-order chi connectivity index (χ1) is 20.9. The first-order valence-electron chi connectivity index (χ1n) is 14.2. The van der Waals surface area contributed by atoms with Gasteiger partial charge in [0.05, 0.1) is 24.8 Å². The molecule has 0 aliphatic heterocycles. The van der Waals surface area contributed by atoms with Crippen molar-refractivity contribution in [3.05, 3.63) is 81.8 Å². The highest BCUT2D eigenvalue weighted by atomic mass is 35.5. The van der Waals surface area contributed by atoms with Crippen molar-refractivity contribution in [1.82, 2.24) is 10.2 Å². The van der Waals surface area contributed by atoms with Gasteiger partial charge >= 0.3 is 0 Å². The minimum Gasteiger partial charge on any atom is -0.493 e. The van der Waals surface area contributed by atoms with Crippen molar-refractivity contribution in [2.75, 3.05) is 25.1 Å². The zero-order chi connectivity index (χ0) is 32.6. The van der Waals surface area contributed by atoms with E-state index in [9.17, 15) is 18.0 Å². The van der Waals surface area contributed by atoms with Crippen LogP contribution in [0.1, 0.15) is 44.7 Å². The number of halogens is 2. The quantitative estimate of drug-likeness (QED) is 0.219. The Morgan fingerprint density at radius 1 is 0.909 bits per heavy atom. The molecule has 0 saturated carbocycles. The van der Waals surface area contributed by atoms with E-state index in [2.05, 4.69) is 5.32 Å². The lowest BCUT2D eigenvalue weighted by Gasteiger charge is -2.34. The molecule has 44 heavy (non-hydrogen) atoms. The van der Waals surface area contributed by atoms with Gasteiger partial charge in [0.1, 0.15) is 12.6 Å². The highest BCUT2D eigenvalue weighted by molar-refractivity contribution is 7.92. The molecule has 0 unspecified atom stereocenters. The van der Waals surface area contributed by atoms with E-state index in [1.165, 1.54) is 43.4 Å². The minimum absolute atomic E-state index is 0.000430. The molecule has 12 heteroatoms. The second-order valence-corrected chi connectivity index (χ2v) is 13.1. The van der Waals surface area contributed by atoms with Gasteiger partial charge in [-0.3, -0.25) is 13.9 Å². The molecule has 0 radical (unpaired) electrons. The Bertz CT molecular complexity index is 1570. The molecule has 1 N–H and O–H groups in total. The number of nitrogens with one attached hydrogen (secondary N) is 1. The van der Waals surface area contributed by atoms with E-state index in [1.807, 2.05) is 20.8 Å². The highest BCUT2D eigenvalue weighted by Gasteiger charge is 2.34. The van der Waals surface area contributed by atoms with Crippen LogP contribution in [0.5, 0.6) is 11.5 Å². The summed E-state index contributed by atoms with van der Waals surface area (Å²) < 4.78 is 40.0. The molecule has 0 aliphatic rings. The fraction of sp³-hybridized carbons (Fsp3) is 0.375. The molecule has 3 aromatic rings. The van der Waals surface area contributed by atoms with Gasteiger partial charge in [-0.1, -0.05) is 60.8 Å². The third-order valence-corrected chi connectivity index (χ3v) is 9.66. The molecule has 0 aromatic heterocycles. The van der Waals surface area contributed by atoms with Gasteiger partial charge in [0.25, 0.3) is 10.0 Å². The topological polar surface area (TPSA) is 105 Å². The maximum atomic E-state index is 14.3. The Hall–Kier alpha value is -3.47. The number of ether oxygens (including phenoxy) is 2. The summed E-state index contributed by atoms with van der Waals surface area (Å²) in [5.41, 5.74) is 1.61. The summed E-state index contributed by atoms with van der Waals surface area (Å²) in [4.78, 5) is 29.1. The van der Waals surface area contributed by atoms with Crippen LogP contribution in [-0.4, -0.2) is 58.0 Å². The fourth-order valence-corrected chi connectivity index (χ4v) is 6.41. The van der Waals surface area contributed by atoms with Gasteiger partial charge in [-0.2, -0.15) is 0 Å². The van der Waals surface area contributed by atoms with Crippen LogP contribution in [0.2, 0.25) is 10.0 Å². The predicted molar refractivity (Wildman–Crippen MR) is 174 cm³/mol. The normalized spacial score (nSPS) is 12.6. The van der Waals surface area contributed by atoms with Gasteiger partial charge in [0, 0.05) is 28.7 Å². The van der Waals surface area contributed by atoms with Crippen molar-refractivity contribution in [2.24, 2.45) is 0 Å². The summed E-state index contributed by atoms with van der Waals surface area (Å²) in [6, 6.07) is 14.8. The van der Waals surface area contributed by atoms with Crippen molar-refractivity contribution in [3.63, 3.8) is 0 Å². The summed E-state index contributed by atoms with van der Waals surface area (Å²) in [6.07, 6.45) is 0.974. The van der Waals surface area contributed by atoms with Gasteiger partial charge in [0.2, 0.25) is 11.8 Å². The van der Waals surface area contributed by atoms with Crippen molar-refractivity contribution in [2.45, 2.75) is 64.1 Å². The number of methoxy groups -OCH3 is 2. The van der Waals surface area contributed by atoms with Crippen molar-refractivity contribution in [1.29, 1.82) is 0 Å². The van der Waals surface area contributed by atoms with E-state index in [-0.39, 0.29) is 41.2 Å². The third-order valence-electron chi connectivity index (χ3n) is 7.29. The van der Waals surface area contributed by atoms with Gasteiger partial charge in [0.15, 0.2) is 11.5 Å². The number of rotatable bonds is 14. The van der Waals surface area contributed by atoms with E-state index in [0.717, 1.165) is 9.87 Å². The van der Waals surface area contributed by atoms with Crippen LogP contribution in [0.3, 0.4) is 0 Å². The summed E-state index contributed by atoms with van der Waals surface area (Å²) >= 11 is 12.6. The SMILES string of the molecule is CC[C@H](C(=O)N[C@@H](C)CC)N(Cc1ccc(Cl)cc1Cl)C(=O)CN(c1ccc(OC)c(OC)c1)S(=O)(=O)c1ccc(C)cc1. The Labute approximate surface area is 270 Å². The predicted octanol–water partition coefficient (Wildman–Crippen LogP) is 6.24. The number of aryl methyl sites for hydroxylation is 1. The van der Waals surface area contributed by atoms with Crippen LogP contribution < -0.4 is 19.1 Å². The Morgan fingerprint density at radius 2 is 1.57 bits per heavy atom. The van der Waals surface area contributed by atoms with Crippen molar-refractivity contribution < 1.29 is 27.5 Å². The smallest absolute Gasteiger partial charge is 0.264 e. The van der Waals surface area contributed by atoms with E-state index in [4.69, 9.17) is 32.7 Å². The number of hydrogen-bond donors (Lipinski definition) is 1. The molecule has 0 bridgehead atoms. The molecule has 0 spiro atoms. The maximum absolute atomic E-state index is 14.3. The molecule has 2 amide bonds. The van der Waals surface area contributed by atoms with E-state index >= 15 is 0 Å². The monoisotopic (exact) mass is 663 g/mol. The Morgan fingerprint density at radius 3 is 2.14 bits per heavy atom. The molecule has 0 fully saturated rings. The Kier molecular flexibility index (Phi) is 12.3. The molecule has 0 aliphatic carbocycles. The summed E-state index contributed by atoms with van der Waals surface area (Å²) in [6.45, 7) is 6.80. The van der Waals surface area contributed by atoms with Crippen molar-refractivity contribution >= 4 is 50.7 Å². The van der Waals surface area contributed by atoms with E-state index in [0.29, 0.717) is 27.8 Å². The number of benzene rings is 3. The van der Waals surface area contributed by atoms with Gasteiger partial charge < -0.3 is 19.7 Å². The van der Waals surface area contributed by atoms with Crippen LogP contribution >= 0.6 is 23.2 Å². The molecule has 0 saturated heterocycles. The molecule has 9 nitrogen and oxygen atoms in total. The largest absolute Gasteiger partial charge is 0.493 e. The second kappa shape index (κ2) is 15.5. The van der Waals surface area contributed by atoms with Crippen LogP contribution in [0.4, 0.5) is 5.69 Å². The van der Waals surface area contributed by atoms with Gasteiger partial charge in [-0.05, 0) is 68.7 Å². The second-order valence-electron chi connectivity index (χ2n) is 10.4. The zero-order valence-corrected chi connectivity index (χ0v) is 28.1. The Balaban J connectivity index is 2.14.